The number of alkyl carbamates (subject to hydrolysis) is 1. The van der Waals surface area contributed by atoms with Gasteiger partial charge >= 0.3 is 12.2 Å². The Morgan fingerprint density at radius 1 is 0.759 bits per heavy atom. The third kappa shape index (κ3) is 8.89. The molecule has 4 N–H and O–H groups in total. The molecule has 0 spiro atoms. The first-order valence-electron chi connectivity index (χ1n) is 20.4. The summed E-state index contributed by atoms with van der Waals surface area (Å²) in [5, 5.41) is 4.19. The number of imidazole rings is 2. The lowest BCUT2D eigenvalue weighted by molar-refractivity contribution is -0.142. The molecule has 1 aliphatic carbocycles. The summed E-state index contributed by atoms with van der Waals surface area (Å²) in [6.07, 6.45) is 8.85. The number of aromatic nitrogens is 4. The molecule has 0 radical (unpaired) electrons. The van der Waals surface area contributed by atoms with Gasteiger partial charge in [-0.3, -0.25) is 9.59 Å². The number of nitrogens with zero attached hydrogens (tertiary/aromatic N) is 4. The van der Waals surface area contributed by atoms with Crippen LogP contribution < -0.4 is 10.7 Å². The average Bonchev–Trinajstić information content (AvgIpc) is 4.07. The van der Waals surface area contributed by atoms with Crippen LogP contribution in [-0.2, 0) is 23.8 Å². The fourth-order valence-electron chi connectivity index (χ4n) is 8.63. The number of hydrazine groups is 1. The number of hydrogen-bond acceptors (Lipinski definition) is 9. The van der Waals surface area contributed by atoms with Crippen molar-refractivity contribution in [1.82, 2.24) is 40.6 Å². The van der Waals surface area contributed by atoms with Crippen LogP contribution in [0.25, 0.3) is 33.6 Å². The maximum absolute atomic E-state index is 13.9. The highest BCUT2D eigenvalue weighted by atomic mass is 16.5. The number of hydrogen-bond donors (Lipinski definition) is 4. The van der Waals surface area contributed by atoms with Crippen molar-refractivity contribution in [3.8, 4) is 33.6 Å². The molecule has 2 aliphatic heterocycles. The molecule has 7 rings (SSSR count). The first-order chi connectivity index (χ1) is 28.1. The monoisotopic (exact) mass is 794 g/mol. The number of carbonyl (C=O) groups excluding carboxylic acids is 4. The van der Waals surface area contributed by atoms with Gasteiger partial charge in [-0.2, -0.15) is 0 Å². The standard InChI is InChI=1S/C43H54N8O7/c1-26(2)51(49-43(55)57-4)40(52)33-9-6-5-8-32(33)38-44-24-34(46-38)29-15-11-27(12-16-29)28-13-17-30(18-14-28)35-25-45-39(47-35)36-10-7-21-50(36)41(53)37(48-42(54)56-3)31-19-22-58-23-20-31/h11-18,24-26,31-33,36-37H,5-10,19-23H2,1-4H3,(H,44,46)(H,45,47)(H,48,54)(H,49,55)/t32?,33?,36-,37?/m0/s1. The van der Waals surface area contributed by atoms with Gasteiger partial charge in [0.1, 0.15) is 17.7 Å². The van der Waals surface area contributed by atoms with Crippen LogP contribution in [-0.4, -0.2) is 99.9 Å². The number of ether oxygens (including phenoxy) is 3. The van der Waals surface area contributed by atoms with Crippen LogP contribution in [0.5, 0.6) is 0 Å². The molecule has 15 heteroatoms. The average molecular weight is 795 g/mol. The van der Waals surface area contributed by atoms with Gasteiger partial charge in [-0.25, -0.2) is 30.0 Å². The number of aromatic amines is 2. The van der Waals surface area contributed by atoms with Crippen molar-refractivity contribution in [3.05, 3.63) is 72.6 Å². The second-order valence-electron chi connectivity index (χ2n) is 15.7. The molecule has 1 saturated carbocycles. The Morgan fingerprint density at radius 3 is 1.93 bits per heavy atom. The highest BCUT2D eigenvalue weighted by molar-refractivity contribution is 5.86. The summed E-state index contributed by atoms with van der Waals surface area (Å²) >= 11 is 0. The van der Waals surface area contributed by atoms with Crippen LogP contribution in [0.2, 0.25) is 0 Å². The van der Waals surface area contributed by atoms with E-state index >= 15 is 0 Å². The van der Waals surface area contributed by atoms with E-state index in [0.717, 1.165) is 83.8 Å². The van der Waals surface area contributed by atoms with Gasteiger partial charge in [0.15, 0.2) is 0 Å². The van der Waals surface area contributed by atoms with Gasteiger partial charge in [0.25, 0.3) is 0 Å². The Morgan fingerprint density at radius 2 is 1.33 bits per heavy atom. The Balaban J connectivity index is 1.01. The summed E-state index contributed by atoms with van der Waals surface area (Å²) in [4.78, 5) is 70.2. The smallest absolute Gasteiger partial charge is 0.425 e. The van der Waals surface area contributed by atoms with Crippen LogP contribution in [0.3, 0.4) is 0 Å². The van der Waals surface area contributed by atoms with Gasteiger partial charge in [0, 0.05) is 37.6 Å². The van der Waals surface area contributed by atoms with E-state index < -0.39 is 18.2 Å². The van der Waals surface area contributed by atoms with E-state index in [2.05, 4.69) is 69.2 Å². The fraction of sp³-hybridized carbons (Fsp3) is 0.488. The SMILES string of the molecule is COC(=O)NC(C(=O)N1CCC[C@H]1c1ncc(-c2ccc(-c3ccc(-c4cnc(C5CCCCC5C(=O)N(NC(=O)OC)C(C)C)[nH]4)cc3)cc2)[nH]1)C1CCOCC1. The molecule has 58 heavy (non-hydrogen) atoms. The number of likely N-dealkylation sites (tertiary alicyclic amines) is 1. The highest BCUT2D eigenvalue weighted by Crippen LogP contribution is 2.39. The van der Waals surface area contributed by atoms with Crippen molar-refractivity contribution in [1.29, 1.82) is 0 Å². The van der Waals surface area contributed by atoms with Crippen molar-refractivity contribution in [2.24, 2.45) is 11.8 Å². The Bertz CT molecular complexity index is 2040. The highest BCUT2D eigenvalue weighted by Gasteiger charge is 2.41. The molecule has 308 valence electrons. The number of amides is 4. The minimum absolute atomic E-state index is 0.0266. The number of rotatable bonds is 10. The van der Waals surface area contributed by atoms with Gasteiger partial charge in [-0.15, -0.1) is 0 Å². The molecule has 2 aromatic carbocycles. The molecule has 4 aromatic rings. The van der Waals surface area contributed by atoms with Crippen molar-refractivity contribution in [3.63, 3.8) is 0 Å². The van der Waals surface area contributed by atoms with Crippen LogP contribution >= 0.6 is 0 Å². The molecule has 3 fully saturated rings. The first kappa shape index (κ1) is 40.5. The minimum Gasteiger partial charge on any atom is -0.453 e. The zero-order chi connectivity index (χ0) is 40.8. The van der Waals surface area contributed by atoms with E-state index in [1.165, 1.54) is 19.2 Å². The summed E-state index contributed by atoms with van der Waals surface area (Å²) in [6, 6.07) is 15.4. The van der Waals surface area contributed by atoms with Gasteiger partial charge in [0.2, 0.25) is 11.8 Å². The molecule has 0 bridgehead atoms. The van der Waals surface area contributed by atoms with Crippen molar-refractivity contribution < 1.29 is 33.4 Å². The number of benzene rings is 2. The summed E-state index contributed by atoms with van der Waals surface area (Å²) in [5.41, 5.74) is 8.40. The largest absolute Gasteiger partial charge is 0.453 e. The first-order valence-corrected chi connectivity index (χ1v) is 20.4. The Kier molecular flexibility index (Phi) is 12.8. The van der Waals surface area contributed by atoms with Crippen LogP contribution in [0, 0.1) is 11.8 Å². The van der Waals surface area contributed by atoms with Gasteiger partial charge in [-0.05, 0) is 80.5 Å². The number of carbonyl (C=O) groups is 4. The lowest BCUT2D eigenvalue weighted by atomic mass is 9.78. The quantitative estimate of drug-likeness (QED) is 0.127. The number of methoxy groups -OCH3 is 2. The predicted octanol–water partition coefficient (Wildman–Crippen LogP) is 6.73. The van der Waals surface area contributed by atoms with E-state index in [9.17, 15) is 19.2 Å². The Hall–Kier alpha value is -5.70. The molecule has 4 atom stereocenters. The van der Waals surface area contributed by atoms with Crippen molar-refractivity contribution in [2.75, 3.05) is 34.0 Å². The topological polar surface area (TPSA) is 184 Å². The van der Waals surface area contributed by atoms with Crippen molar-refractivity contribution >= 4 is 24.0 Å². The van der Waals surface area contributed by atoms with Gasteiger partial charge in [0.05, 0.1) is 44.0 Å². The molecule has 2 aromatic heterocycles. The maximum Gasteiger partial charge on any atom is 0.425 e. The summed E-state index contributed by atoms with van der Waals surface area (Å²) in [6.45, 7) is 5.43. The predicted molar refractivity (Wildman–Crippen MR) is 216 cm³/mol. The third-order valence-electron chi connectivity index (χ3n) is 11.8. The molecule has 3 aliphatic rings. The van der Waals surface area contributed by atoms with Crippen LogP contribution in [0.4, 0.5) is 9.59 Å². The molecule has 15 nitrogen and oxygen atoms in total. The van der Waals surface area contributed by atoms with E-state index in [-0.39, 0.29) is 41.7 Å². The van der Waals surface area contributed by atoms with Crippen LogP contribution in [0.15, 0.2) is 60.9 Å². The molecule has 2 saturated heterocycles. The normalized spacial score (nSPS) is 20.4. The van der Waals surface area contributed by atoms with Crippen LogP contribution in [0.1, 0.15) is 88.8 Å². The van der Waals surface area contributed by atoms with E-state index in [4.69, 9.17) is 24.2 Å². The summed E-state index contributed by atoms with van der Waals surface area (Å²) in [5.74, 6) is 0.817. The molecular formula is C43H54N8O7. The van der Waals surface area contributed by atoms with E-state index in [0.29, 0.717) is 32.6 Å². The summed E-state index contributed by atoms with van der Waals surface area (Å²) < 4.78 is 15.1. The second kappa shape index (κ2) is 18.3. The zero-order valence-corrected chi connectivity index (χ0v) is 33.7. The van der Waals surface area contributed by atoms with E-state index in [1.807, 2.05) is 31.1 Å². The molecular weight excluding hydrogens is 741 g/mol. The second-order valence-corrected chi connectivity index (χ2v) is 15.7. The summed E-state index contributed by atoms with van der Waals surface area (Å²) in [7, 11) is 2.59. The van der Waals surface area contributed by atoms with Crippen molar-refractivity contribution in [2.45, 2.75) is 89.3 Å². The zero-order valence-electron chi connectivity index (χ0n) is 33.7. The van der Waals surface area contributed by atoms with Gasteiger partial charge < -0.3 is 34.4 Å². The lowest BCUT2D eigenvalue weighted by Crippen LogP contribution is -2.53. The number of nitrogens with one attached hydrogen (secondary N) is 4. The lowest BCUT2D eigenvalue weighted by Gasteiger charge is -2.35. The third-order valence-corrected chi connectivity index (χ3v) is 11.8. The fourth-order valence-corrected chi connectivity index (χ4v) is 8.63. The molecule has 4 amide bonds. The van der Waals surface area contributed by atoms with E-state index in [1.54, 1.807) is 0 Å². The number of H-pyrrole nitrogens is 2. The Labute approximate surface area is 338 Å². The maximum atomic E-state index is 13.9. The molecule has 3 unspecified atom stereocenters. The molecule has 4 heterocycles. The van der Waals surface area contributed by atoms with Gasteiger partial charge in [-0.1, -0.05) is 61.4 Å². The minimum atomic E-state index is -0.683.